The van der Waals surface area contributed by atoms with Crippen LogP contribution in [-0.2, 0) is 6.54 Å². The van der Waals surface area contributed by atoms with Crippen LogP contribution in [0.5, 0.6) is 0 Å². The molecule has 0 unspecified atom stereocenters. The molecule has 3 rings (SSSR count). The van der Waals surface area contributed by atoms with Crippen LogP contribution in [0.25, 0.3) is 0 Å². The number of hydrogen-bond donors (Lipinski definition) is 1. The van der Waals surface area contributed by atoms with Crippen molar-refractivity contribution in [3.05, 3.63) is 52.4 Å². The largest absolute Gasteiger partial charge is 0.354 e. The number of aromatic nitrogens is 2. The second-order valence-electron chi connectivity index (χ2n) is 7.11. The van der Waals surface area contributed by atoms with E-state index in [1.54, 1.807) is 6.33 Å². The first-order valence-corrected chi connectivity index (χ1v) is 9.61. The van der Waals surface area contributed by atoms with Crippen molar-refractivity contribution < 1.29 is 4.79 Å². The van der Waals surface area contributed by atoms with Gasteiger partial charge in [-0.25, -0.2) is 14.8 Å². The van der Waals surface area contributed by atoms with E-state index in [2.05, 4.69) is 20.2 Å². The lowest BCUT2D eigenvalue weighted by Gasteiger charge is -2.38. The molecule has 1 aromatic heterocycles. The van der Waals surface area contributed by atoms with E-state index in [-0.39, 0.29) is 12.1 Å². The van der Waals surface area contributed by atoms with Crippen molar-refractivity contribution in [1.82, 2.24) is 20.2 Å². The summed E-state index contributed by atoms with van der Waals surface area (Å²) >= 11 is 6.06. The molecule has 144 valence electrons. The van der Waals surface area contributed by atoms with Gasteiger partial charge < -0.3 is 15.1 Å². The highest BCUT2D eigenvalue weighted by Gasteiger charge is 2.26. The number of amides is 2. The third-order valence-corrected chi connectivity index (χ3v) is 5.47. The van der Waals surface area contributed by atoms with Crippen LogP contribution in [0.3, 0.4) is 0 Å². The molecule has 1 aromatic carbocycles. The molecule has 0 radical (unpaired) electrons. The van der Waals surface area contributed by atoms with Crippen molar-refractivity contribution in [3.8, 4) is 0 Å². The molecular formula is C20H26ClN5O. The average molecular weight is 388 g/mol. The number of anilines is 1. The van der Waals surface area contributed by atoms with Crippen LogP contribution in [0.2, 0.25) is 5.02 Å². The molecule has 6 nitrogen and oxygen atoms in total. The molecule has 1 aliphatic heterocycles. The van der Waals surface area contributed by atoms with E-state index >= 15 is 0 Å². The van der Waals surface area contributed by atoms with Gasteiger partial charge in [0.1, 0.15) is 12.1 Å². The molecule has 2 aromatic rings. The quantitative estimate of drug-likeness (QED) is 0.871. The highest BCUT2D eigenvalue weighted by atomic mass is 35.5. The molecule has 0 spiro atoms. The number of carbonyl (C=O) groups excluding carboxylic acids is 1. The van der Waals surface area contributed by atoms with Crippen molar-refractivity contribution >= 4 is 23.4 Å². The molecular weight excluding hydrogens is 362 g/mol. The minimum Gasteiger partial charge on any atom is -0.354 e. The van der Waals surface area contributed by atoms with Gasteiger partial charge in [-0.1, -0.05) is 23.7 Å². The number of benzene rings is 1. The highest BCUT2D eigenvalue weighted by Crippen LogP contribution is 2.21. The zero-order valence-electron chi connectivity index (χ0n) is 16.1. The lowest BCUT2D eigenvalue weighted by molar-refractivity contribution is 0.182. The van der Waals surface area contributed by atoms with Gasteiger partial charge in [-0.15, -0.1) is 0 Å². The topological polar surface area (TPSA) is 61.4 Å². The zero-order chi connectivity index (χ0) is 19.4. The van der Waals surface area contributed by atoms with Gasteiger partial charge in [-0.2, -0.15) is 0 Å². The molecule has 7 heteroatoms. The number of halogens is 1. The first-order chi connectivity index (χ1) is 12.9. The first-order valence-electron chi connectivity index (χ1n) is 9.23. The summed E-state index contributed by atoms with van der Waals surface area (Å²) in [6.45, 7) is 6.14. The highest BCUT2D eigenvalue weighted by molar-refractivity contribution is 6.31. The molecule has 1 aliphatic rings. The van der Waals surface area contributed by atoms with Crippen LogP contribution in [-0.4, -0.2) is 47.1 Å². The summed E-state index contributed by atoms with van der Waals surface area (Å²) in [6.07, 6.45) is 3.62. The molecule has 0 bridgehead atoms. The minimum atomic E-state index is -0.0617. The van der Waals surface area contributed by atoms with Gasteiger partial charge >= 0.3 is 6.03 Å². The standard InChI is InChI=1S/C20H26ClN5O/c1-14-9-16(6-7-18(14)21)11-22-20(27)25(3)17-5-4-8-26(12-17)19-10-15(2)23-13-24-19/h6-7,9-10,13,17H,4-5,8,11-12H2,1-3H3,(H,22,27)/t17-/m1/s1. The van der Waals surface area contributed by atoms with Crippen molar-refractivity contribution in [2.45, 2.75) is 39.3 Å². The van der Waals surface area contributed by atoms with Gasteiger partial charge in [0, 0.05) is 43.5 Å². The first kappa shape index (κ1) is 19.4. The maximum Gasteiger partial charge on any atom is 0.317 e. The van der Waals surface area contributed by atoms with Gasteiger partial charge in [0.05, 0.1) is 6.04 Å². The van der Waals surface area contributed by atoms with Crippen LogP contribution >= 0.6 is 11.6 Å². The molecule has 27 heavy (non-hydrogen) atoms. The summed E-state index contributed by atoms with van der Waals surface area (Å²) in [7, 11) is 1.86. The van der Waals surface area contributed by atoms with Crippen LogP contribution in [0.1, 0.15) is 29.7 Å². The molecule has 1 N–H and O–H groups in total. The maximum atomic E-state index is 12.6. The van der Waals surface area contributed by atoms with Crippen LogP contribution in [0.4, 0.5) is 10.6 Å². The Balaban J connectivity index is 1.58. The Morgan fingerprint density at radius 3 is 2.89 bits per heavy atom. The van der Waals surface area contributed by atoms with Crippen molar-refractivity contribution in [1.29, 1.82) is 0 Å². The van der Waals surface area contributed by atoms with Gasteiger partial charge in [-0.3, -0.25) is 0 Å². The number of hydrogen-bond acceptors (Lipinski definition) is 4. The number of carbonyl (C=O) groups is 1. The summed E-state index contributed by atoms with van der Waals surface area (Å²) in [5.74, 6) is 0.928. The fraction of sp³-hybridized carbons (Fsp3) is 0.450. The minimum absolute atomic E-state index is 0.0617. The Labute approximate surface area is 165 Å². The Kier molecular flexibility index (Phi) is 6.16. The lowest BCUT2D eigenvalue weighted by Crippen LogP contribution is -2.51. The van der Waals surface area contributed by atoms with E-state index in [1.165, 1.54) is 0 Å². The summed E-state index contributed by atoms with van der Waals surface area (Å²) in [4.78, 5) is 25.2. The summed E-state index contributed by atoms with van der Waals surface area (Å²) in [5.41, 5.74) is 3.01. The molecule has 0 saturated carbocycles. The number of urea groups is 1. The molecule has 0 aliphatic carbocycles. The summed E-state index contributed by atoms with van der Waals surface area (Å²) in [5, 5.41) is 3.75. The second kappa shape index (κ2) is 8.57. The Morgan fingerprint density at radius 2 is 2.15 bits per heavy atom. The third kappa shape index (κ3) is 4.89. The number of aryl methyl sites for hydroxylation is 2. The number of piperidine rings is 1. The van der Waals surface area contributed by atoms with Gasteiger partial charge in [0.15, 0.2) is 0 Å². The van der Waals surface area contributed by atoms with E-state index < -0.39 is 0 Å². The van der Waals surface area contributed by atoms with E-state index in [4.69, 9.17) is 11.6 Å². The SMILES string of the molecule is Cc1cc(N2CCC[C@@H](N(C)C(=O)NCc3ccc(Cl)c(C)c3)C2)ncn1. The van der Waals surface area contributed by atoms with E-state index in [0.29, 0.717) is 6.54 Å². The Hall–Kier alpha value is -2.34. The van der Waals surface area contributed by atoms with Crippen LogP contribution < -0.4 is 10.2 Å². The number of nitrogens with one attached hydrogen (secondary N) is 1. The Morgan fingerprint density at radius 1 is 1.33 bits per heavy atom. The maximum absolute atomic E-state index is 12.6. The monoisotopic (exact) mass is 387 g/mol. The lowest BCUT2D eigenvalue weighted by atomic mass is 10.0. The smallest absolute Gasteiger partial charge is 0.317 e. The molecule has 1 atom stereocenters. The normalized spacial score (nSPS) is 16.9. The van der Waals surface area contributed by atoms with Gasteiger partial charge in [0.25, 0.3) is 0 Å². The van der Waals surface area contributed by atoms with Crippen molar-refractivity contribution in [2.75, 3.05) is 25.0 Å². The van der Waals surface area contributed by atoms with E-state index in [0.717, 1.165) is 53.6 Å². The van der Waals surface area contributed by atoms with Crippen molar-refractivity contribution in [3.63, 3.8) is 0 Å². The molecule has 1 fully saturated rings. The predicted octanol–water partition coefficient (Wildman–Crippen LogP) is 3.56. The van der Waals surface area contributed by atoms with E-state index in [9.17, 15) is 4.79 Å². The number of rotatable bonds is 4. The number of nitrogens with zero attached hydrogens (tertiary/aromatic N) is 4. The van der Waals surface area contributed by atoms with Crippen LogP contribution in [0.15, 0.2) is 30.6 Å². The van der Waals surface area contributed by atoms with Gasteiger partial charge in [-0.05, 0) is 43.9 Å². The van der Waals surface area contributed by atoms with Crippen molar-refractivity contribution in [2.24, 2.45) is 0 Å². The van der Waals surface area contributed by atoms with Crippen LogP contribution in [0, 0.1) is 13.8 Å². The Bertz CT molecular complexity index is 813. The predicted molar refractivity (Wildman–Crippen MR) is 108 cm³/mol. The van der Waals surface area contributed by atoms with E-state index in [1.807, 2.05) is 50.1 Å². The van der Waals surface area contributed by atoms with Gasteiger partial charge in [0.2, 0.25) is 0 Å². The summed E-state index contributed by atoms with van der Waals surface area (Å²) < 4.78 is 0. The fourth-order valence-corrected chi connectivity index (χ4v) is 3.49. The average Bonchev–Trinajstić information content (AvgIpc) is 2.68. The second-order valence-corrected chi connectivity index (χ2v) is 7.52. The third-order valence-electron chi connectivity index (χ3n) is 5.04. The number of likely N-dealkylation sites (N-methyl/N-ethyl adjacent to an activating group) is 1. The fourth-order valence-electron chi connectivity index (χ4n) is 3.38. The molecule has 2 heterocycles. The molecule has 2 amide bonds. The summed E-state index contributed by atoms with van der Waals surface area (Å²) in [6, 6.07) is 7.89. The zero-order valence-corrected chi connectivity index (χ0v) is 16.8. The molecule has 1 saturated heterocycles.